The SMILES string of the molecule is CC(C)NC(=O)[C@@H](Cc1ccccc1)N(Cc1ccc(F)cc1)C(=O)CSCc1ccc(Cl)cc1. The smallest absolute Gasteiger partial charge is 0.243 e. The van der Waals surface area contributed by atoms with E-state index in [0.29, 0.717) is 17.2 Å². The summed E-state index contributed by atoms with van der Waals surface area (Å²) in [5.74, 6) is 0.164. The van der Waals surface area contributed by atoms with Gasteiger partial charge in [-0.2, -0.15) is 0 Å². The number of amides is 2. The molecule has 1 N–H and O–H groups in total. The van der Waals surface area contributed by atoms with Gasteiger partial charge in [0.2, 0.25) is 11.8 Å². The van der Waals surface area contributed by atoms with Gasteiger partial charge < -0.3 is 10.2 Å². The lowest BCUT2D eigenvalue weighted by molar-refractivity contribution is -0.139. The highest BCUT2D eigenvalue weighted by molar-refractivity contribution is 7.99. The van der Waals surface area contributed by atoms with Crippen LogP contribution in [-0.4, -0.2) is 34.6 Å². The van der Waals surface area contributed by atoms with Gasteiger partial charge in [-0.25, -0.2) is 4.39 Å². The second-order valence-corrected chi connectivity index (χ2v) is 10.1. The maximum absolute atomic E-state index is 13.5. The van der Waals surface area contributed by atoms with Crippen LogP contribution in [0.5, 0.6) is 0 Å². The molecule has 7 heteroatoms. The van der Waals surface area contributed by atoms with Crippen LogP contribution in [0.4, 0.5) is 4.39 Å². The Bertz CT molecular complexity index is 1090. The van der Waals surface area contributed by atoms with Crippen molar-refractivity contribution in [3.05, 3.63) is 106 Å². The third kappa shape index (κ3) is 8.71. The highest BCUT2D eigenvalue weighted by Crippen LogP contribution is 2.20. The Hall–Kier alpha value is -2.83. The number of rotatable bonds is 11. The Morgan fingerprint density at radius 1 is 0.914 bits per heavy atom. The second kappa shape index (κ2) is 13.3. The third-order valence-corrected chi connectivity index (χ3v) is 6.62. The Kier molecular flexibility index (Phi) is 10.2. The zero-order valence-electron chi connectivity index (χ0n) is 19.9. The Balaban J connectivity index is 1.83. The number of nitrogens with zero attached hydrogens (tertiary/aromatic N) is 1. The van der Waals surface area contributed by atoms with Gasteiger partial charge in [-0.3, -0.25) is 9.59 Å². The summed E-state index contributed by atoms with van der Waals surface area (Å²) < 4.78 is 13.5. The van der Waals surface area contributed by atoms with Crippen LogP contribution in [0.2, 0.25) is 5.02 Å². The van der Waals surface area contributed by atoms with Crippen LogP contribution in [0.25, 0.3) is 0 Å². The number of nitrogens with one attached hydrogen (secondary N) is 1. The fourth-order valence-corrected chi connectivity index (χ4v) is 4.64. The van der Waals surface area contributed by atoms with Gasteiger partial charge in [-0.05, 0) is 54.8 Å². The maximum atomic E-state index is 13.5. The van der Waals surface area contributed by atoms with Gasteiger partial charge >= 0.3 is 0 Å². The van der Waals surface area contributed by atoms with Crippen molar-refractivity contribution in [3.8, 4) is 0 Å². The van der Waals surface area contributed by atoms with E-state index in [1.54, 1.807) is 17.0 Å². The molecular weight excluding hydrogens is 483 g/mol. The lowest BCUT2D eigenvalue weighted by Crippen LogP contribution is -2.52. The van der Waals surface area contributed by atoms with Crippen LogP contribution >= 0.6 is 23.4 Å². The van der Waals surface area contributed by atoms with Crippen molar-refractivity contribution in [1.29, 1.82) is 0 Å². The van der Waals surface area contributed by atoms with E-state index in [-0.39, 0.29) is 36.0 Å². The van der Waals surface area contributed by atoms with E-state index >= 15 is 0 Å². The molecule has 0 saturated carbocycles. The van der Waals surface area contributed by atoms with Crippen molar-refractivity contribution in [1.82, 2.24) is 10.2 Å². The fourth-order valence-electron chi connectivity index (χ4n) is 3.64. The molecule has 184 valence electrons. The van der Waals surface area contributed by atoms with Crippen LogP contribution in [0, 0.1) is 5.82 Å². The summed E-state index contributed by atoms with van der Waals surface area (Å²) in [5.41, 5.74) is 2.79. The van der Waals surface area contributed by atoms with E-state index in [1.807, 2.05) is 68.4 Å². The van der Waals surface area contributed by atoms with Crippen molar-refractivity contribution in [2.45, 2.75) is 44.6 Å². The molecule has 3 rings (SSSR count). The van der Waals surface area contributed by atoms with Gasteiger partial charge in [-0.1, -0.05) is 66.2 Å². The summed E-state index contributed by atoms with van der Waals surface area (Å²) in [6.45, 7) is 4.00. The van der Waals surface area contributed by atoms with E-state index in [2.05, 4.69) is 5.32 Å². The molecule has 0 bridgehead atoms. The molecule has 0 aromatic heterocycles. The molecule has 0 saturated heterocycles. The standard InChI is InChI=1S/C28H30ClFN2O2S/c1-20(2)31-28(34)26(16-21-6-4-3-5-7-21)32(17-22-10-14-25(30)15-11-22)27(33)19-35-18-23-8-12-24(29)13-9-23/h3-15,20,26H,16-19H2,1-2H3,(H,31,34)/t26-/m1/s1. The Morgan fingerprint density at radius 2 is 1.54 bits per heavy atom. The first-order valence-electron chi connectivity index (χ1n) is 11.5. The largest absolute Gasteiger partial charge is 0.352 e. The monoisotopic (exact) mass is 512 g/mol. The van der Waals surface area contributed by atoms with E-state index < -0.39 is 6.04 Å². The molecule has 3 aromatic carbocycles. The first-order chi connectivity index (χ1) is 16.8. The average molecular weight is 513 g/mol. The highest BCUT2D eigenvalue weighted by Gasteiger charge is 2.30. The van der Waals surface area contributed by atoms with Gasteiger partial charge in [0.05, 0.1) is 5.75 Å². The van der Waals surface area contributed by atoms with Crippen molar-refractivity contribution >= 4 is 35.2 Å². The van der Waals surface area contributed by atoms with E-state index in [0.717, 1.165) is 16.7 Å². The number of hydrogen-bond acceptors (Lipinski definition) is 3. The molecule has 0 aliphatic heterocycles. The van der Waals surface area contributed by atoms with Gasteiger partial charge in [0.25, 0.3) is 0 Å². The predicted octanol–water partition coefficient (Wildman–Crippen LogP) is 5.88. The first-order valence-corrected chi connectivity index (χ1v) is 13.1. The molecule has 0 aliphatic carbocycles. The molecule has 0 aliphatic rings. The van der Waals surface area contributed by atoms with E-state index in [1.165, 1.54) is 23.9 Å². The normalized spacial score (nSPS) is 11.8. The van der Waals surface area contributed by atoms with Crippen molar-refractivity contribution in [2.24, 2.45) is 0 Å². The number of hydrogen-bond donors (Lipinski definition) is 1. The summed E-state index contributed by atoms with van der Waals surface area (Å²) in [6, 6.07) is 22.4. The molecule has 0 unspecified atom stereocenters. The molecule has 2 amide bonds. The van der Waals surface area contributed by atoms with Gasteiger partial charge in [0, 0.05) is 29.8 Å². The summed E-state index contributed by atoms with van der Waals surface area (Å²) >= 11 is 7.45. The van der Waals surface area contributed by atoms with Crippen LogP contribution in [0.15, 0.2) is 78.9 Å². The lowest BCUT2D eigenvalue weighted by Gasteiger charge is -2.32. The molecule has 0 spiro atoms. The average Bonchev–Trinajstić information content (AvgIpc) is 2.84. The zero-order chi connectivity index (χ0) is 25.2. The van der Waals surface area contributed by atoms with Gasteiger partial charge in [-0.15, -0.1) is 11.8 Å². The molecular formula is C28H30ClFN2O2S. The zero-order valence-corrected chi connectivity index (χ0v) is 21.5. The summed E-state index contributed by atoms with van der Waals surface area (Å²) in [4.78, 5) is 28.4. The number of thioether (sulfide) groups is 1. The number of benzene rings is 3. The first kappa shape index (κ1) is 26.8. The quantitative estimate of drug-likeness (QED) is 0.349. The molecule has 35 heavy (non-hydrogen) atoms. The van der Waals surface area contributed by atoms with Gasteiger partial charge in [0.15, 0.2) is 0 Å². The van der Waals surface area contributed by atoms with E-state index in [4.69, 9.17) is 11.6 Å². The van der Waals surface area contributed by atoms with Crippen molar-refractivity contribution < 1.29 is 14.0 Å². The molecule has 4 nitrogen and oxygen atoms in total. The molecule has 1 atom stereocenters. The van der Waals surface area contributed by atoms with Gasteiger partial charge in [0.1, 0.15) is 11.9 Å². The summed E-state index contributed by atoms with van der Waals surface area (Å²) in [6.07, 6.45) is 0.383. The summed E-state index contributed by atoms with van der Waals surface area (Å²) in [5, 5.41) is 3.64. The Labute approximate surface area is 215 Å². The lowest BCUT2D eigenvalue weighted by atomic mass is 10.0. The number of halogens is 2. The topological polar surface area (TPSA) is 49.4 Å². The number of carbonyl (C=O) groups excluding carboxylic acids is 2. The maximum Gasteiger partial charge on any atom is 0.243 e. The Morgan fingerprint density at radius 3 is 2.17 bits per heavy atom. The molecule has 3 aromatic rings. The highest BCUT2D eigenvalue weighted by atomic mass is 35.5. The van der Waals surface area contributed by atoms with Crippen LogP contribution in [0.1, 0.15) is 30.5 Å². The van der Waals surface area contributed by atoms with E-state index in [9.17, 15) is 14.0 Å². The van der Waals surface area contributed by atoms with Crippen LogP contribution in [-0.2, 0) is 28.3 Å². The van der Waals surface area contributed by atoms with Crippen molar-refractivity contribution in [3.63, 3.8) is 0 Å². The minimum atomic E-state index is -0.700. The third-order valence-electron chi connectivity index (χ3n) is 5.38. The van der Waals surface area contributed by atoms with Crippen LogP contribution in [0.3, 0.4) is 0 Å². The summed E-state index contributed by atoms with van der Waals surface area (Å²) in [7, 11) is 0. The minimum Gasteiger partial charge on any atom is -0.352 e. The number of carbonyl (C=O) groups is 2. The predicted molar refractivity (Wildman–Crippen MR) is 142 cm³/mol. The molecule has 0 fully saturated rings. The molecule has 0 heterocycles. The fraction of sp³-hybridized carbons (Fsp3) is 0.286. The van der Waals surface area contributed by atoms with Crippen LogP contribution < -0.4 is 5.32 Å². The molecule has 0 radical (unpaired) electrons. The second-order valence-electron chi connectivity index (χ2n) is 8.64. The minimum absolute atomic E-state index is 0.0668. The van der Waals surface area contributed by atoms with Crippen molar-refractivity contribution in [2.75, 3.05) is 5.75 Å².